The molecule has 100 valence electrons. The third-order valence-corrected chi connectivity index (χ3v) is 4.50. The van der Waals surface area contributed by atoms with Crippen LogP contribution in [0.15, 0.2) is 24.3 Å². The number of benzene rings is 1. The standard InChI is InChI=1S/C14H17N3OS/c18-14(10-5-7-15-9-10)16-8-6-13-17-11-3-1-2-4-12(11)19-13/h1-4,10,15H,5-9H2,(H,16,18). The fourth-order valence-electron chi connectivity index (χ4n) is 2.34. The van der Waals surface area contributed by atoms with E-state index in [0.29, 0.717) is 6.54 Å². The Kier molecular flexibility index (Phi) is 3.75. The van der Waals surface area contributed by atoms with Gasteiger partial charge in [0.1, 0.15) is 0 Å². The second-order valence-corrected chi connectivity index (χ2v) is 5.92. The van der Waals surface area contributed by atoms with E-state index in [2.05, 4.69) is 21.7 Å². The van der Waals surface area contributed by atoms with Gasteiger partial charge in [0.05, 0.1) is 21.1 Å². The van der Waals surface area contributed by atoms with E-state index < -0.39 is 0 Å². The van der Waals surface area contributed by atoms with Crippen LogP contribution in [0.3, 0.4) is 0 Å². The van der Waals surface area contributed by atoms with Crippen molar-refractivity contribution in [3.8, 4) is 0 Å². The number of carbonyl (C=O) groups is 1. The lowest BCUT2D eigenvalue weighted by Gasteiger charge is -2.08. The van der Waals surface area contributed by atoms with Gasteiger partial charge in [-0.3, -0.25) is 4.79 Å². The first-order chi connectivity index (χ1) is 9.33. The van der Waals surface area contributed by atoms with Gasteiger partial charge < -0.3 is 10.6 Å². The minimum absolute atomic E-state index is 0.148. The fraction of sp³-hybridized carbons (Fsp3) is 0.429. The molecule has 1 atom stereocenters. The van der Waals surface area contributed by atoms with Crippen molar-refractivity contribution in [3.63, 3.8) is 0 Å². The van der Waals surface area contributed by atoms with Gasteiger partial charge in [-0.15, -0.1) is 11.3 Å². The van der Waals surface area contributed by atoms with Crippen molar-refractivity contribution in [1.29, 1.82) is 0 Å². The number of fused-ring (bicyclic) bond motifs is 1. The van der Waals surface area contributed by atoms with Gasteiger partial charge in [-0.05, 0) is 25.1 Å². The van der Waals surface area contributed by atoms with Crippen molar-refractivity contribution < 1.29 is 4.79 Å². The fourth-order valence-corrected chi connectivity index (χ4v) is 3.31. The molecule has 0 bridgehead atoms. The lowest BCUT2D eigenvalue weighted by Crippen LogP contribution is -2.33. The van der Waals surface area contributed by atoms with E-state index in [9.17, 15) is 4.79 Å². The van der Waals surface area contributed by atoms with Crippen LogP contribution in [-0.2, 0) is 11.2 Å². The van der Waals surface area contributed by atoms with Crippen LogP contribution in [0.25, 0.3) is 10.2 Å². The van der Waals surface area contributed by atoms with Gasteiger partial charge in [-0.25, -0.2) is 4.98 Å². The number of thiazole rings is 1. The maximum Gasteiger partial charge on any atom is 0.224 e. The van der Waals surface area contributed by atoms with E-state index in [-0.39, 0.29) is 11.8 Å². The van der Waals surface area contributed by atoms with Crippen molar-refractivity contribution in [2.24, 2.45) is 5.92 Å². The van der Waals surface area contributed by atoms with Gasteiger partial charge >= 0.3 is 0 Å². The molecule has 1 amide bonds. The molecule has 0 saturated carbocycles. The molecular weight excluding hydrogens is 258 g/mol. The van der Waals surface area contributed by atoms with Gasteiger partial charge in [0.15, 0.2) is 0 Å². The SMILES string of the molecule is O=C(NCCc1nc2ccccc2s1)C1CCNC1. The maximum atomic E-state index is 11.8. The molecule has 1 aromatic carbocycles. The van der Waals surface area contributed by atoms with Crippen LogP contribution in [0.4, 0.5) is 0 Å². The quantitative estimate of drug-likeness (QED) is 0.890. The average Bonchev–Trinajstić information content (AvgIpc) is 3.07. The van der Waals surface area contributed by atoms with Crippen molar-refractivity contribution in [2.45, 2.75) is 12.8 Å². The Morgan fingerprint density at radius 1 is 1.47 bits per heavy atom. The van der Waals surface area contributed by atoms with Crippen molar-refractivity contribution in [1.82, 2.24) is 15.6 Å². The minimum atomic E-state index is 0.148. The Morgan fingerprint density at radius 2 is 2.37 bits per heavy atom. The van der Waals surface area contributed by atoms with Crippen LogP contribution in [-0.4, -0.2) is 30.5 Å². The molecule has 0 radical (unpaired) electrons. The molecule has 1 unspecified atom stereocenters. The molecule has 3 rings (SSSR count). The van der Waals surface area contributed by atoms with E-state index in [1.54, 1.807) is 11.3 Å². The zero-order valence-corrected chi connectivity index (χ0v) is 11.5. The summed E-state index contributed by atoms with van der Waals surface area (Å²) in [5, 5.41) is 7.30. The summed E-state index contributed by atoms with van der Waals surface area (Å²) in [6.45, 7) is 2.44. The Labute approximate surface area is 116 Å². The Morgan fingerprint density at radius 3 is 3.16 bits per heavy atom. The minimum Gasteiger partial charge on any atom is -0.355 e. The average molecular weight is 275 g/mol. The van der Waals surface area contributed by atoms with E-state index in [0.717, 1.165) is 36.5 Å². The number of hydrogen-bond acceptors (Lipinski definition) is 4. The molecule has 1 fully saturated rings. The summed E-state index contributed by atoms with van der Waals surface area (Å²) >= 11 is 1.71. The second kappa shape index (κ2) is 5.67. The van der Waals surface area contributed by atoms with Gasteiger partial charge in [-0.1, -0.05) is 12.1 Å². The van der Waals surface area contributed by atoms with Gasteiger partial charge in [0.2, 0.25) is 5.91 Å². The number of aromatic nitrogens is 1. The molecule has 1 aliphatic heterocycles. The molecule has 19 heavy (non-hydrogen) atoms. The maximum absolute atomic E-state index is 11.8. The summed E-state index contributed by atoms with van der Waals surface area (Å²) in [7, 11) is 0. The number of hydrogen-bond donors (Lipinski definition) is 2. The molecule has 2 N–H and O–H groups in total. The molecule has 1 aliphatic rings. The summed E-state index contributed by atoms with van der Waals surface area (Å²) in [6.07, 6.45) is 1.76. The highest BCUT2D eigenvalue weighted by Gasteiger charge is 2.21. The molecule has 1 saturated heterocycles. The Bertz CT molecular complexity index is 542. The normalized spacial score (nSPS) is 18.8. The van der Waals surface area contributed by atoms with Crippen LogP contribution in [0.2, 0.25) is 0 Å². The lowest BCUT2D eigenvalue weighted by atomic mass is 10.1. The number of nitrogens with zero attached hydrogens (tertiary/aromatic N) is 1. The third kappa shape index (κ3) is 2.93. The van der Waals surface area contributed by atoms with Gasteiger partial charge in [-0.2, -0.15) is 0 Å². The smallest absolute Gasteiger partial charge is 0.224 e. The summed E-state index contributed by atoms with van der Waals surface area (Å²) in [4.78, 5) is 16.4. The highest BCUT2D eigenvalue weighted by molar-refractivity contribution is 7.18. The van der Waals surface area contributed by atoms with E-state index in [1.807, 2.05) is 18.2 Å². The Balaban J connectivity index is 1.53. The predicted octanol–water partition coefficient (Wildman–Crippen LogP) is 1.56. The molecular formula is C14H17N3OS. The lowest BCUT2D eigenvalue weighted by molar-refractivity contribution is -0.124. The highest BCUT2D eigenvalue weighted by Crippen LogP contribution is 2.21. The first kappa shape index (κ1) is 12.6. The van der Waals surface area contributed by atoms with Crippen LogP contribution in [0, 0.1) is 5.92 Å². The van der Waals surface area contributed by atoms with E-state index in [4.69, 9.17) is 0 Å². The first-order valence-corrected chi connectivity index (χ1v) is 7.47. The van der Waals surface area contributed by atoms with Crippen LogP contribution in [0.1, 0.15) is 11.4 Å². The molecule has 4 nitrogen and oxygen atoms in total. The van der Waals surface area contributed by atoms with Crippen molar-refractivity contribution in [2.75, 3.05) is 19.6 Å². The molecule has 5 heteroatoms. The first-order valence-electron chi connectivity index (χ1n) is 6.66. The molecule has 1 aromatic heterocycles. The van der Waals surface area contributed by atoms with Crippen molar-refractivity contribution in [3.05, 3.63) is 29.3 Å². The number of rotatable bonds is 4. The Hall–Kier alpha value is -1.46. The third-order valence-electron chi connectivity index (χ3n) is 3.41. The highest BCUT2D eigenvalue weighted by atomic mass is 32.1. The van der Waals surface area contributed by atoms with E-state index >= 15 is 0 Å². The van der Waals surface area contributed by atoms with Crippen LogP contribution < -0.4 is 10.6 Å². The summed E-state index contributed by atoms with van der Waals surface area (Å²) in [5.41, 5.74) is 1.05. The van der Waals surface area contributed by atoms with Crippen LogP contribution in [0.5, 0.6) is 0 Å². The number of carbonyl (C=O) groups excluding carboxylic acids is 1. The topological polar surface area (TPSA) is 54.0 Å². The predicted molar refractivity (Wildman–Crippen MR) is 77.3 cm³/mol. The zero-order valence-electron chi connectivity index (χ0n) is 10.7. The molecule has 0 spiro atoms. The van der Waals surface area contributed by atoms with E-state index in [1.165, 1.54) is 4.70 Å². The summed E-state index contributed by atoms with van der Waals surface area (Å²) in [6, 6.07) is 8.14. The van der Waals surface area contributed by atoms with Crippen LogP contribution >= 0.6 is 11.3 Å². The van der Waals surface area contributed by atoms with Gasteiger partial charge in [0, 0.05) is 19.5 Å². The zero-order chi connectivity index (χ0) is 13.1. The molecule has 0 aliphatic carbocycles. The largest absolute Gasteiger partial charge is 0.355 e. The van der Waals surface area contributed by atoms with Crippen molar-refractivity contribution >= 4 is 27.5 Å². The second-order valence-electron chi connectivity index (χ2n) is 4.81. The summed E-state index contributed by atoms with van der Waals surface area (Å²) in [5.74, 6) is 0.321. The monoisotopic (exact) mass is 275 g/mol. The number of nitrogens with one attached hydrogen (secondary N) is 2. The van der Waals surface area contributed by atoms with Gasteiger partial charge in [0.25, 0.3) is 0 Å². The number of para-hydroxylation sites is 1. The molecule has 2 heterocycles. The number of amides is 1. The summed E-state index contributed by atoms with van der Waals surface area (Å²) < 4.78 is 1.21. The molecule has 2 aromatic rings.